The first-order chi connectivity index (χ1) is 17.9. The molecule has 0 unspecified atom stereocenters. The fraction of sp³-hybridized carbons (Fsp3) is 0.346. The number of rotatable bonds is 7. The Balaban J connectivity index is 1.27. The van der Waals surface area contributed by atoms with E-state index in [2.05, 4.69) is 20.3 Å². The van der Waals surface area contributed by atoms with Crippen molar-refractivity contribution in [2.75, 3.05) is 27.3 Å². The number of aromatic nitrogens is 5. The summed E-state index contributed by atoms with van der Waals surface area (Å²) in [7, 11) is 3.14. The fourth-order valence-electron chi connectivity index (χ4n) is 4.63. The number of piperidine rings is 1. The largest absolute Gasteiger partial charge is 0.493 e. The monoisotopic (exact) mass is 506 g/mol. The minimum absolute atomic E-state index is 0.00333. The SMILES string of the molecule is COc1ccc(CC(=O)N2CCC(c3nc4c(nnn4Cc4ccc(F)cc4)c(=O)[nH]3)CC2)cc1OC. The molecule has 1 saturated heterocycles. The van der Waals surface area contributed by atoms with Gasteiger partial charge in [0, 0.05) is 19.0 Å². The molecule has 1 aliphatic heterocycles. The van der Waals surface area contributed by atoms with E-state index in [0.29, 0.717) is 55.4 Å². The molecule has 2 aromatic heterocycles. The van der Waals surface area contributed by atoms with E-state index in [0.717, 1.165) is 11.1 Å². The molecule has 37 heavy (non-hydrogen) atoms. The van der Waals surface area contributed by atoms with E-state index < -0.39 is 0 Å². The molecule has 10 nitrogen and oxygen atoms in total. The quantitative estimate of drug-likeness (QED) is 0.410. The third-order valence-corrected chi connectivity index (χ3v) is 6.68. The van der Waals surface area contributed by atoms with Gasteiger partial charge in [0.1, 0.15) is 11.6 Å². The van der Waals surface area contributed by atoms with Crippen molar-refractivity contribution < 1.29 is 18.7 Å². The van der Waals surface area contributed by atoms with E-state index in [-0.39, 0.29) is 35.1 Å². The number of likely N-dealkylation sites (tertiary alicyclic amines) is 1. The summed E-state index contributed by atoms with van der Waals surface area (Å²) in [6.07, 6.45) is 1.61. The third kappa shape index (κ3) is 5.16. The second kappa shape index (κ2) is 10.4. The highest BCUT2D eigenvalue weighted by Gasteiger charge is 2.26. The number of nitrogens with one attached hydrogen (secondary N) is 1. The number of benzene rings is 2. The lowest BCUT2D eigenvalue weighted by Gasteiger charge is -2.31. The highest BCUT2D eigenvalue weighted by atomic mass is 19.1. The number of aromatic amines is 1. The van der Waals surface area contributed by atoms with Gasteiger partial charge in [0.2, 0.25) is 5.91 Å². The van der Waals surface area contributed by atoms with E-state index in [1.54, 1.807) is 37.1 Å². The van der Waals surface area contributed by atoms with E-state index >= 15 is 0 Å². The number of carbonyl (C=O) groups is 1. The molecule has 0 aliphatic carbocycles. The Morgan fingerprint density at radius 2 is 1.76 bits per heavy atom. The van der Waals surface area contributed by atoms with E-state index in [9.17, 15) is 14.0 Å². The number of carbonyl (C=O) groups excluding carboxylic acids is 1. The zero-order valence-corrected chi connectivity index (χ0v) is 20.6. The molecule has 192 valence electrons. The zero-order chi connectivity index (χ0) is 25.9. The summed E-state index contributed by atoms with van der Waals surface area (Å²) in [5.41, 5.74) is 1.86. The van der Waals surface area contributed by atoms with Crippen molar-refractivity contribution in [2.24, 2.45) is 0 Å². The Kier molecular flexibility index (Phi) is 6.85. The first-order valence-electron chi connectivity index (χ1n) is 12.0. The predicted molar refractivity (Wildman–Crippen MR) is 133 cm³/mol. The molecule has 3 heterocycles. The molecule has 1 fully saturated rings. The summed E-state index contributed by atoms with van der Waals surface area (Å²) in [6.45, 7) is 1.44. The molecule has 0 saturated carbocycles. The van der Waals surface area contributed by atoms with Gasteiger partial charge in [-0.1, -0.05) is 23.4 Å². The van der Waals surface area contributed by atoms with Gasteiger partial charge in [-0.3, -0.25) is 9.59 Å². The third-order valence-electron chi connectivity index (χ3n) is 6.68. The number of methoxy groups -OCH3 is 2. The number of hydrogen-bond donors (Lipinski definition) is 1. The minimum atomic E-state index is -0.350. The molecule has 0 bridgehead atoms. The first kappa shape index (κ1) is 24.4. The number of nitrogens with zero attached hydrogens (tertiary/aromatic N) is 5. The highest BCUT2D eigenvalue weighted by Crippen LogP contribution is 2.29. The maximum Gasteiger partial charge on any atom is 0.281 e. The second-order valence-electron chi connectivity index (χ2n) is 9.02. The summed E-state index contributed by atoms with van der Waals surface area (Å²) in [5.74, 6) is 1.47. The van der Waals surface area contributed by atoms with Crippen LogP contribution in [0.4, 0.5) is 4.39 Å². The zero-order valence-electron chi connectivity index (χ0n) is 20.6. The molecule has 5 rings (SSSR count). The molecule has 1 aliphatic rings. The maximum absolute atomic E-state index is 13.2. The Bertz CT molecular complexity index is 1470. The van der Waals surface area contributed by atoms with Crippen LogP contribution in [0.3, 0.4) is 0 Å². The van der Waals surface area contributed by atoms with Crippen LogP contribution in [0.1, 0.15) is 35.7 Å². The maximum atomic E-state index is 13.2. The Morgan fingerprint density at radius 3 is 2.46 bits per heavy atom. The summed E-state index contributed by atoms with van der Waals surface area (Å²) >= 11 is 0. The standard InChI is InChI=1S/C26H27FN6O4/c1-36-20-8-5-17(13-21(20)37-2)14-22(34)32-11-9-18(10-12-32)24-28-25-23(26(35)29-24)30-31-33(25)15-16-3-6-19(27)7-4-16/h3-8,13,18H,9-12,14-15H2,1-2H3,(H,28,29,35). The average Bonchev–Trinajstić information content (AvgIpc) is 3.33. The Morgan fingerprint density at radius 1 is 1.05 bits per heavy atom. The van der Waals surface area contributed by atoms with Gasteiger partial charge < -0.3 is 19.4 Å². The fourth-order valence-corrected chi connectivity index (χ4v) is 4.63. The van der Waals surface area contributed by atoms with Gasteiger partial charge in [-0.15, -0.1) is 5.10 Å². The highest BCUT2D eigenvalue weighted by molar-refractivity contribution is 5.79. The number of ether oxygens (including phenoxy) is 2. The van der Waals surface area contributed by atoms with Gasteiger partial charge in [-0.2, -0.15) is 0 Å². The minimum Gasteiger partial charge on any atom is -0.493 e. The van der Waals surface area contributed by atoms with Crippen molar-refractivity contribution >= 4 is 17.1 Å². The molecule has 1 N–H and O–H groups in total. The van der Waals surface area contributed by atoms with Gasteiger partial charge >= 0.3 is 0 Å². The summed E-state index contributed by atoms with van der Waals surface area (Å²) in [4.78, 5) is 35.0. The average molecular weight is 507 g/mol. The van der Waals surface area contributed by atoms with Gasteiger partial charge in [-0.25, -0.2) is 14.1 Å². The van der Waals surface area contributed by atoms with Crippen LogP contribution in [-0.2, 0) is 17.8 Å². The lowest BCUT2D eigenvalue weighted by atomic mass is 9.95. The predicted octanol–water partition coefficient (Wildman–Crippen LogP) is 2.67. The normalized spacial score (nSPS) is 14.2. The lowest BCUT2D eigenvalue weighted by molar-refractivity contribution is -0.131. The van der Waals surface area contributed by atoms with Crippen LogP contribution in [0.2, 0.25) is 0 Å². The van der Waals surface area contributed by atoms with Crippen LogP contribution in [0, 0.1) is 5.82 Å². The lowest BCUT2D eigenvalue weighted by Crippen LogP contribution is -2.39. The van der Waals surface area contributed by atoms with Crippen molar-refractivity contribution in [1.82, 2.24) is 29.9 Å². The Labute approximate surface area is 212 Å². The molecule has 2 aromatic carbocycles. The van der Waals surface area contributed by atoms with Crippen LogP contribution in [0.5, 0.6) is 11.5 Å². The summed E-state index contributed by atoms with van der Waals surface area (Å²) < 4.78 is 25.4. The summed E-state index contributed by atoms with van der Waals surface area (Å²) in [6, 6.07) is 11.5. The topological polar surface area (TPSA) is 115 Å². The smallest absolute Gasteiger partial charge is 0.281 e. The molecule has 0 radical (unpaired) electrons. The first-order valence-corrected chi connectivity index (χ1v) is 12.0. The van der Waals surface area contributed by atoms with Crippen molar-refractivity contribution in [1.29, 1.82) is 0 Å². The van der Waals surface area contributed by atoms with Gasteiger partial charge in [0.25, 0.3) is 5.56 Å². The van der Waals surface area contributed by atoms with Gasteiger partial charge in [0.05, 0.1) is 27.2 Å². The Hall–Kier alpha value is -4.28. The van der Waals surface area contributed by atoms with Crippen molar-refractivity contribution in [2.45, 2.75) is 31.7 Å². The molecule has 11 heteroatoms. The van der Waals surface area contributed by atoms with Crippen molar-refractivity contribution in [3.63, 3.8) is 0 Å². The number of H-pyrrole nitrogens is 1. The number of amides is 1. The van der Waals surface area contributed by atoms with Crippen molar-refractivity contribution in [3.05, 3.63) is 75.6 Å². The van der Waals surface area contributed by atoms with Crippen LogP contribution < -0.4 is 15.0 Å². The number of fused-ring (bicyclic) bond motifs is 1. The molecule has 0 atom stereocenters. The molecular formula is C26H27FN6O4. The van der Waals surface area contributed by atoms with Crippen LogP contribution >= 0.6 is 0 Å². The van der Waals surface area contributed by atoms with E-state index in [1.165, 1.54) is 12.1 Å². The van der Waals surface area contributed by atoms with E-state index in [1.807, 2.05) is 17.0 Å². The summed E-state index contributed by atoms with van der Waals surface area (Å²) in [5, 5.41) is 8.06. The number of halogens is 1. The van der Waals surface area contributed by atoms with E-state index in [4.69, 9.17) is 9.47 Å². The van der Waals surface area contributed by atoms with Gasteiger partial charge in [0.15, 0.2) is 22.7 Å². The number of hydrogen-bond acceptors (Lipinski definition) is 7. The van der Waals surface area contributed by atoms with Crippen LogP contribution in [-0.4, -0.2) is 63.1 Å². The van der Waals surface area contributed by atoms with Crippen molar-refractivity contribution in [3.8, 4) is 11.5 Å². The van der Waals surface area contributed by atoms with Crippen LogP contribution in [0.25, 0.3) is 11.2 Å². The molecule has 1 amide bonds. The molecule has 4 aromatic rings. The second-order valence-corrected chi connectivity index (χ2v) is 9.02. The molecular weight excluding hydrogens is 479 g/mol. The van der Waals surface area contributed by atoms with Crippen LogP contribution in [0.15, 0.2) is 47.3 Å². The molecule has 0 spiro atoms. The van der Waals surface area contributed by atoms with Gasteiger partial charge in [-0.05, 0) is 48.2 Å².